The summed E-state index contributed by atoms with van der Waals surface area (Å²) >= 11 is 0. The number of hydrogen-bond acceptors (Lipinski definition) is 5. The lowest BCUT2D eigenvalue weighted by molar-refractivity contribution is 0.771. The van der Waals surface area contributed by atoms with Crippen LogP contribution < -0.4 is 11.3 Å². The quantitative estimate of drug-likeness (QED) is 0.461. The average Bonchev–Trinajstić information content (AvgIpc) is 3.19. The molecule has 5 aromatic rings. The molecule has 2 aromatic heterocycles. The van der Waals surface area contributed by atoms with E-state index in [4.69, 9.17) is 10.8 Å². The van der Waals surface area contributed by atoms with Gasteiger partial charge in [0, 0.05) is 41.7 Å². The number of aryl methyl sites for hydroxylation is 2. The number of nitrogens with one attached hydrogen (secondary N) is 1. The highest BCUT2D eigenvalue weighted by molar-refractivity contribution is 5.98. The molecule has 0 saturated carbocycles. The summed E-state index contributed by atoms with van der Waals surface area (Å²) < 4.78 is 1.74. The minimum absolute atomic E-state index is 0.207. The fourth-order valence-electron chi connectivity index (χ4n) is 4.34. The Morgan fingerprint density at radius 2 is 1.94 bits per heavy atom. The van der Waals surface area contributed by atoms with E-state index in [1.54, 1.807) is 10.7 Å². The normalized spacial score (nSPS) is 11.2. The number of nitriles is 1. The first-order valence-electron chi connectivity index (χ1n) is 10.2. The van der Waals surface area contributed by atoms with Crippen molar-refractivity contribution in [1.82, 2.24) is 20.0 Å². The van der Waals surface area contributed by atoms with Crippen LogP contribution in [0.5, 0.6) is 0 Å². The molecule has 0 aliphatic rings. The summed E-state index contributed by atoms with van der Waals surface area (Å²) in [7, 11) is 1.86. The molecule has 0 aliphatic heterocycles. The molecule has 3 aromatic carbocycles. The third-order valence-corrected chi connectivity index (χ3v) is 5.80. The fraction of sp³-hybridized carbons (Fsp3) is 0.120. The molecule has 0 amide bonds. The van der Waals surface area contributed by atoms with Crippen LogP contribution in [0.15, 0.2) is 59.5 Å². The van der Waals surface area contributed by atoms with Crippen molar-refractivity contribution < 1.29 is 0 Å². The van der Waals surface area contributed by atoms with E-state index in [9.17, 15) is 10.1 Å². The van der Waals surface area contributed by atoms with Crippen LogP contribution >= 0.6 is 0 Å². The standard InChI is InChI=1S/C25H20N6O/c1-14-9-15-5-3-4-6-17(15)20(11-26)23(14)24-21(13-31(2)30-24)16-7-8-18-19(10-16)22(12-27)28-29-25(18)32/h3-10,13H,12,27H2,1-2H3,(H,29,32). The van der Waals surface area contributed by atoms with Crippen LogP contribution in [0.1, 0.15) is 16.8 Å². The molecule has 5 rings (SSSR count). The van der Waals surface area contributed by atoms with Crippen molar-refractivity contribution in [2.45, 2.75) is 13.5 Å². The lowest BCUT2D eigenvalue weighted by Gasteiger charge is -2.12. The third-order valence-electron chi connectivity index (χ3n) is 5.80. The third kappa shape index (κ3) is 2.97. The highest BCUT2D eigenvalue weighted by atomic mass is 16.1. The molecule has 32 heavy (non-hydrogen) atoms. The molecule has 0 saturated heterocycles. The zero-order chi connectivity index (χ0) is 22.4. The van der Waals surface area contributed by atoms with E-state index in [2.05, 4.69) is 22.3 Å². The number of nitrogens with zero attached hydrogens (tertiary/aromatic N) is 4. The predicted octanol–water partition coefficient (Wildman–Crippen LogP) is 3.78. The van der Waals surface area contributed by atoms with E-state index >= 15 is 0 Å². The van der Waals surface area contributed by atoms with Crippen LogP contribution in [0.2, 0.25) is 0 Å². The van der Waals surface area contributed by atoms with Crippen LogP contribution in [-0.4, -0.2) is 20.0 Å². The molecule has 156 valence electrons. The van der Waals surface area contributed by atoms with Crippen molar-refractivity contribution in [3.8, 4) is 28.5 Å². The summed E-state index contributed by atoms with van der Waals surface area (Å²) in [6, 6.07) is 17.9. The Morgan fingerprint density at radius 3 is 2.72 bits per heavy atom. The molecule has 0 radical (unpaired) electrons. The predicted molar refractivity (Wildman–Crippen MR) is 125 cm³/mol. The minimum Gasteiger partial charge on any atom is -0.325 e. The van der Waals surface area contributed by atoms with Crippen LogP contribution in [0.25, 0.3) is 43.9 Å². The van der Waals surface area contributed by atoms with Gasteiger partial charge in [-0.2, -0.15) is 15.5 Å². The fourth-order valence-corrected chi connectivity index (χ4v) is 4.34. The molecule has 0 spiro atoms. The van der Waals surface area contributed by atoms with Gasteiger partial charge in [0.25, 0.3) is 5.56 Å². The van der Waals surface area contributed by atoms with Crippen LogP contribution in [0.3, 0.4) is 0 Å². The van der Waals surface area contributed by atoms with E-state index in [1.165, 1.54) is 0 Å². The lowest BCUT2D eigenvalue weighted by atomic mass is 9.90. The summed E-state index contributed by atoms with van der Waals surface area (Å²) in [5.74, 6) is 0. The van der Waals surface area contributed by atoms with E-state index in [1.807, 2.05) is 56.6 Å². The maximum atomic E-state index is 12.2. The van der Waals surface area contributed by atoms with E-state index < -0.39 is 0 Å². The number of nitrogens with two attached hydrogens (primary N) is 1. The van der Waals surface area contributed by atoms with Gasteiger partial charge in [-0.05, 0) is 35.6 Å². The molecule has 0 unspecified atom stereocenters. The Morgan fingerprint density at radius 1 is 1.12 bits per heavy atom. The van der Waals surface area contributed by atoms with E-state index in [0.29, 0.717) is 22.0 Å². The zero-order valence-electron chi connectivity index (χ0n) is 17.7. The zero-order valence-corrected chi connectivity index (χ0v) is 17.7. The smallest absolute Gasteiger partial charge is 0.272 e. The molecular formula is C25H20N6O. The summed E-state index contributed by atoms with van der Waals surface area (Å²) in [6.07, 6.45) is 1.93. The molecule has 0 atom stereocenters. The van der Waals surface area contributed by atoms with Crippen LogP contribution in [0, 0.1) is 18.3 Å². The van der Waals surface area contributed by atoms with Gasteiger partial charge < -0.3 is 5.73 Å². The number of H-pyrrole nitrogens is 1. The number of aromatic nitrogens is 4. The van der Waals surface area contributed by atoms with Crippen molar-refractivity contribution in [1.29, 1.82) is 5.26 Å². The second-order valence-corrected chi connectivity index (χ2v) is 7.81. The van der Waals surface area contributed by atoms with Gasteiger partial charge in [-0.3, -0.25) is 9.48 Å². The molecule has 0 fully saturated rings. The van der Waals surface area contributed by atoms with E-state index in [0.717, 1.165) is 38.7 Å². The molecule has 0 aliphatic carbocycles. The van der Waals surface area contributed by atoms with Gasteiger partial charge in [-0.1, -0.05) is 36.4 Å². The van der Waals surface area contributed by atoms with Gasteiger partial charge in [0.05, 0.1) is 16.6 Å². The van der Waals surface area contributed by atoms with Crippen molar-refractivity contribution >= 4 is 21.5 Å². The number of hydrogen-bond donors (Lipinski definition) is 2. The minimum atomic E-state index is -0.257. The van der Waals surface area contributed by atoms with Crippen molar-refractivity contribution in [2.75, 3.05) is 0 Å². The second kappa shape index (κ2) is 7.45. The van der Waals surface area contributed by atoms with Crippen LogP contribution in [0.4, 0.5) is 0 Å². The highest BCUT2D eigenvalue weighted by Crippen LogP contribution is 2.38. The Kier molecular flexibility index (Phi) is 4.58. The Labute approximate surface area is 183 Å². The molecule has 7 heteroatoms. The van der Waals surface area contributed by atoms with Gasteiger partial charge in [-0.15, -0.1) is 0 Å². The van der Waals surface area contributed by atoms with Gasteiger partial charge in [0.2, 0.25) is 0 Å². The molecule has 7 nitrogen and oxygen atoms in total. The van der Waals surface area contributed by atoms with E-state index in [-0.39, 0.29) is 12.1 Å². The summed E-state index contributed by atoms with van der Waals surface area (Å²) in [6.45, 7) is 2.20. The summed E-state index contributed by atoms with van der Waals surface area (Å²) in [4.78, 5) is 12.2. The largest absolute Gasteiger partial charge is 0.325 e. The number of aromatic amines is 1. The monoisotopic (exact) mass is 420 g/mol. The average molecular weight is 420 g/mol. The molecular weight excluding hydrogens is 400 g/mol. The first kappa shape index (κ1) is 19.7. The van der Waals surface area contributed by atoms with Gasteiger partial charge in [0.1, 0.15) is 11.8 Å². The van der Waals surface area contributed by atoms with Gasteiger partial charge in [-0.25, -0.2) is 5.10 Å². The number of fused-ring (bicyclic) bond motifs is 2. The molecule has 3 N–H and O–H groups in total. The number of rotatable bonds is 3. The highest BCUT2D eigenvalue weighted by Gasteiger charge is 2.20. The van der Waals surface area contributed by atoms with Crippen molar-refractivity contribution in [2.24, 2.45) is 12.8 Å². The second-order valence-electron chi connectivity index (χ2n) is 7.81. The Bertz CT molecular complexity index is 1620. The topological polar surface area (TPSA) is 113 Å². The first-order chi connectivity index (χ1) is 15.5. The maximum absolute atomic E-state index is 12.2. The lowest BCUT2D eigenvalue weighted by Crippen LogP contribution is -2.13. The summed E-state index contributed by atoms with van der Waals surface area (Å²) in [5.41, 5.74) is 11.1. The Balaban J connectivity index is 1.81. The van der Waals surface area contributed by atoms with Gasteiger partial charge in [0.15, 0.2) is 0 Å². The Hall–Kier alpha value is -4.28. The summed E-state index contributed by atoms with van der Waals surface area (Å²) in [5, 5.41) is 24.5. The van der Waals surface area contributed by atoms with Gasteiger partial charge >= 0.3 is 0 Å². The van der Waals surface area contributed by atoms with Crippen molar-refractivity contribution in [3.63, 3.8) is 0 Å². The first-order valence-corrected chi connectivity index (χ1v) is 10.2. The molecule has 2 heterocycles. The molecule has 0 bridgehead atoms. The number of benzene rings is 3. The SMILES string of the molecule is Cc1cc2ccccc2c(C#N)c1-c1nn(C)cc1-c1ccc2c(=O)[nH]nc(CN)c2c1. The van der Waals surface area contributed by atoms with Crippen LogP contribution in [-0.2, 0) is 13.6 Å². The van der Waals surface area contributed by atoms with Crippen molar-refractivity contribution in [3.05, 3.63) is 81.9 Å². The maximum Gasteiger partial charge on any atom is 0.272 e.